The van der Waals surface area contributed by atoms with Gasteiger partial charge in [0, 0.05) is 18.2 Å². The number of aliphatic imine (C=N–C) groups is 1. The summed E-state index contributed by atoms with van der Waals surface area (Å²) in [5.74, 6) is -4.06. The highest BCUT2D eigenvalue weighted by molar-refractivity contribution is 6.00. The van der Waals surface area contributed by atoms with Crippen molar-refractivity contribution in [3.05, 3.63) is 100 Å². The number of halogens is 3. The Morgan fingerprint density at radius 3 is 2.51 bits per heavy atom. The molecule has 2 aliphatic rings. The van der Waals surface area contributed by atoms with Crippen molar-refractivity contribution < 1.29 is 27.4 Å². The molecule has 3 aromatic carbocycles. The molecule has 2 aliphatic heterocycles. The maximum atomic E-state index is 14.8. The molecule has 0 radical (unpaired) electrons. The number of ether oxygens (including phenoxy) is 2. The van der Waals surface area contributed by atoms with Gasteiger partial charge in [-0.2, -0.15) is 0 Å². The van der Waals surface area contributed by atoms with Crippen LogP contribution in [0.3, 0.4) is 0 Å². The predicted octanol–water partition coefficient (Wildman–Crippen LogP) is 5.86. The lowest BCUT2D eigenvalue weighted by Gasteiger charge is -2.38. The minimum absolute atomic E-state index is 0.235. The number of nitrogens with zero attached hydrogens (tertiary/aromatic N) is 2. The van der Waals surface area contributed by atoms with Crippen LogP contribution >= 0.6 is 0 Å². The fourth-order valence-electron chi connectivity index (χ4n) is 4.53. The van der Waals surface area contributed by atoms with Crippen LogP contribution in [0.1, 0.15) is 32.6 Å². The van der Waals surface area contributed by atoms with Crippen molar-refractivity contribution in [1.82, 2.24) is 4.90 Å². The van der Waals surface area contributed by atoms with Crippen molar-refractivity contribution in [3.8, 4) is 11.1 Å². The molecule has 5 rings (SSSR count). The Morgan fingerprint density at radius 1 is 1.05 bits per heavy atom. The minimum Gasteiger partial charge on any atom is -0.473 e. The van der Waals surface area contributed by atoms with Crippen LogP contribution in [0.5, 0.6) is 0 Å². The smallest absolute Gasteiger partial charge is 0.282 e. The molecule has 0 aromatic heterocycles. The van der Waals surface area contributed by atoms with E-state index in [2.05, 4.69) is 24.0 Å². The maximum absolute atomic E-state index is 14.8. The molecule has 190 valence electrons. The van der Waals surface area contributed by atoms with Crippen LogP contribution in [0.2, 0.25) is 0 Å². The highest BCUT2D eigenvalue weighted by Gasteiger charge is 2.46. The summed E-state index contributed by atoms with van der Waals surface area (Å²) >= 11 is 0. The van der Waals surface area contributed by atoms with E-state index >= 15 is 0 Å². The van der Waals surface area contributed by atoms with Crippen molar-refractivity contribution in [3.63, 3.8) is 0 Å². The molecule has 0 spiro atoms. The number of carbonyl (C=O) groups is 1. The van der Waals surface area contributed by atoms with E-state index in [1.807, 2.05) is 30.3 Å². The van der Waals surface area contributed by atoms with Gasteiger partial charge in [-0.25, -0.2) is 18.2 Å². The molecule has 1 fully saturated rings. The average Bonchev–Trinajstić information content (AvgIpc) is 2.87. The lowest BCUT2D eigenvalue weighted by Crippen LogP contribution is -2.58. The Balaban J connectivity index is 1.41. The van der Waals surface area contributed by atoms with E-state index in [4.69, 9.17) is 9.47 Å². The zero-order valence-electron chi connectivity index (χ0n) is 20.4. The fourth-order valence-corrected chi connectivity index (χ4v) is 4.53. The first-order chi connectivity index (χ1) is 17.8. The van der Waals surface area contributed by atoms with Gasteiger partial charge in [0.15, 0.2) is 0 Å². The summed E-state index contributed by atoms with van der Waals surface area (Å²) in [6.45, 7) is 1.30. The summed E-state index contributed by atoms with van der Waals surface area (Å²) in [6.07, 6.45) is 1.72. The SMILES string of the molecule is COCc1cc(C2=NC(c3ccc(C(=O)N4CC(F)(F)C4)c(F)c3)=CCO2)ccc1-c1ccccc1C. The van der Waals surface area contributed by atoms with Crippen molar-refractivity contribution in [1.29, 1.82) is 0 Å². The Morgan fingerprint density at radius 2 is 1.81 bits per heavy atom. The van der Waals surface area contributed by atoms with E-state index in [1.54, 1.807) is 19.3 Å². The first-order valence-electron chi connectivity index (χ1n) is 11.8. The molecule has 5 nitrogen and oxygen atoms in total. The molecule has 8 heteroatoms. The zero-order valence-corrected chi connectivity index (χ0v) is 20.4. The Labute approximate surface area is 212 Å². The molecular weight excluding hydrogens is 481 g/mol. The standard InChI is InChI=1S/C29H25F3N2O3/c1-18-5-3-4-6-22(18)23-9-8-20(13-21(23)15-36-2)27-33-26(11-12-37-27)19-7-10-24(25(30)14-19)28(35)34-16-29(31,32)17-34/h3-11,13-14H,12,15-17H2,1-2H3. The molecule has 0 atom stereocenters. The van der Waals surface area contributed by atoms with Crippen molar-refractivity contribution >= 4 is 17.5 Å². The zero-order chi connectivity index (χ0) is 26.2. The first-order valence-corrected chi connectivity index (χ1v) is 11.8. The largest absolute Gasteiger partial charge is 0.473 e. The van der Waals surface area contributed by atoms with Crippen molar-refractivity contribution in [2.45, 2.75) is 19.5 Å². The number of rotatable bonds is 6. The number of amides is 1. The van der Waals surface area contributed by atoms with Crippen LogP contribution in [0.15, 0.2) is 71.7 Å². The van der Waals surface area contributed by atoms with E-state index < -0.39 is 30.7 Å². The number of aryl methyl sites for hydroxylation is 1. The van der Waals surface area contributed by atoms with Gasteiger partial charge in [-0.3, -0.25) is 4.79 Å². The number of alkyl halides is 2. The molecule has 0 N–H and O–H groups in total. The van der Waals surface area contributed by atoms with Crippen molar-refractivity contribution in [2.24, 2.45) is 4.99 Å². The Bertz CT molecular complexity index is 1420. The highest BCUT2D eigenvalue weighted by atomic mass is 19.3. The van der Waals surface area contributed by atoms with Crippen LogP contribution < -0.4 is 0 Å². The number of hydrogen-bond donors (Lipinski definition) is 0. The maximum Gasteiger partial charge on any atom is 0.282 e. The second-order valence-corrected chi connectivity index (χ2v) is 9.15. The van der Waals surface area contributed by atoms with Gasteiger partial charge >= 0.3 is 0 Å². The van der Waals surface area contributed by atoms with Gasteiger partial charge in [0.2, 0.25) is 5.90 Å². The summed E-state index contributed by atoms with van der Waals surface area (Å²) in [7, 11) is 1.64. The normalized spacial score (nSPS) is 16.4. The lowest BCUT2D eigenvalue weighted by atomic mass is 9.94. The van der Waals surface area contributed by atoms with Crippen LogP contribution in [0.25, 0.3) is 16.8 Å². The third kappa shape index (κ3) is 5.02. The van der Waals surface area contributed by atoms with Crippen LogP contribution in [0.4, 0.5) is 13.2 Å². The fraction of sp³-hybridized carbons (Fsp3) is 0.241. The predicted molar refractivity (Wildman–Crippen MR) is 135 cm³/mol. The molecule has 0 unspecified atom stereocenters. The summed E-state index contributed by atoms with van der Waals surface area (Å²) < 4.78 is 52.3. The van der Waals surface area contributed by atoms with Crippen LogP contribution in [-0.2, 0) is 16.1 Å². The number of benzene rings is 3. The quantitative estimate of drug-likeness (QED) is 0.421. The Kier molecular flexibility index (Phi) is 6.60. The van der Waals surface area contributed by atoms with Gasteiger partial charge in [0.25, 0.3) is 11.8 Å². The third-order valence-corrected chi connectivity index (χ3v) is 6.43. The van der Waals surface area contributed by atoms with E-state index in [0.29, 0.717) is 23.8 Å². The van der Waals surface area contributed by atoms with E-state index in [9.17, 15) is 18.0 Å². The number of likely N-dealkylation sites (tertiary alicyclic amines) is 1. The van der Waals surface area contributed by atoms with Gasteiger partial charge in [-0.05, 0) is 59.5 Å². The molecular formula is C29H25F3N2O3. The summed E-state index contributed by atoms with van der Waals surface area (Å²) in [5, 5.41) is 0. The van der Waals surface area contributed by atoms with Gasteiger partial charge in [0.1, 0.15) is 12.4 Å². The topological polar surface area (TPSA) is 51.1 Å². The highest BCUT2D eigenvalue weighted by Crippen LogP contribution is 2.31. The molecule has 3 aromatic rings. The third-order valence-electron chi connectivity index (χ3n) is 6.43. The molecule has 37 heavy (non-hydrogen) atoms. The first kappa shape index (κ1) is 24.8. The number of carbonyl (C=O) groups excluding carboxylic acids is 1. The monoisotopic (exact) mass is 506 g/mol. The van der Waals surface area contributed by atoms with E-state index in [0.717, 1.165) is 32.7 Å². The van der Waals surface area contributed by atoms with E-state index in [1.165, 1.54) is 12.1 Å². The number of methoxy groups -OCH3 is 1. The number of hydrogen-bond acceptors (Lipinski definition) is 4. The van der Waals surface area contributed by atoms with Crippen LogP contribution in [-0.4, -0.2) is 49.4 Å². The molecule has 1 saturated heterocycles. The van der Waals surface area contributed by atoms with Gasteiger partial charge < -0.3 is 14.4 Å². The summed E-state index contributed by atoms with van der Waals surface area (Å²) in [5.41, 5.74) is 5.74. The Hall–Kier alpha value is -3.91. The second kappa shape index (κ2) is 9.86. The molecule has 0 aliphatic carbocycles. The molecule has 0 bridgehead atoms. The van der Waals surface area contributed by atoms with Gasteiger partial charge in [0.05, 0.1) is 31.0 Å². The van der Waals surface area contributed by atoms with E-state index in [-0.39, 0.29) is 12.2 Å². The minimum atomic E-state index is -2.91. The van der Waals surface area contributed by atoms with Gasteiger partial charge in [-0.15, -0.1) is 0 Å². The lowest BCUT2D eigenvalue weighted by molar-refractivity contribution is -0.113. The summed E-state index contributed by atoms with van der Waals surface area (Å²) in [4.78, 5) is 17.9. The van der Waals surface area contributed by atoms with Gasteiger partial charge in [-0.1, -0.05) is 36.4 Å². The van der Waals surface area contributed by atoms with Crippen LogP contribution in [0, 0.1) is 12.7 Å². The molecule has 0 saturated carbocycles. The molecule has 2 heterocycles. The summed E-state index contributed by atoms with van der Waals surface area (Å²) in [6, 6.07) is 18.1. The van der Waals surface area contributed by atoms with Crippen molar-refractivity contribution in [2.75, 3.05) is 26.8 Å². The molecule has 1 amide bonds. The average molecular weight is 507 g/mol. The second-order valence-electron chi connectivity index (χ2n) is 9.15.